The molecule has 132 valence electrons. The Morgan fingerprint density at radius 1 is 0.852 bits per heavy atom. The highest BCUT2D eigenvalue weighted by atomic mass is 16.7. The number of carbonyl (C=O) groups excluding carboxylic acids is 1. The molecule has 27 heavy (non-hydrogen) atoms. The standard InChI is InChI=1S/C23H17NO3/c25-23-21(22(24-27-23)19-9-5-2-6-10-19)15-17-11-13-20(14-12-17)26-16-18-7-3-1-4-8-18/h1-15H,16H2/b21-15-. The Balaban J connectivity index is 1.50. The van der Waals surface area contributed by atoms with Crippen molar-refractivity contribution >= 4 is 17.8 Å². The maximum absolute atomic E-state index is 12.1. The minimum atomic E-state index is -0.446. The molecule has 4 heteroatoms. The lowest BCUT2D eigenvalue weighted by Gasteiger charge is -2.06. The highest BCUT2D eigenvalue weighted by Crippen LogP contribution is 2.22. The summed E-state index contributed by atoms with van der Waals surface area (Å²) in [6, 6.07) is 27.1. The average Bonchev–Trinajstić information content (AvgIpc) is 3.09. The van der Waals surface area contributed by atoms with E-state index in [9.17, 15) is 4.79 Å². The van der Waals surface area contributed by atoms with Crippen molar-refractivity contribution < 1.29 is 14.4 Å². The monoisotopic (exact) mass is 355 g/mol. The normalized spacial score (nSPS) is 14.7. The summed E-state index contributed by atoms with van der Waals surface area (Å²) in [4.78, 5) is 16.9. The van der Waals surface area contributed by atoms with E-state index in [-0.39, 0.29) is 0 Å². The molecule has 4 rings (SSSR count). The van der Waals surface area contributed by atoms with Gasteiger partial charge >= 0.3 is 5.97 Å². The largest absolute Gasteiger partial charge is 0.489 e. The van der Waals surface area contributed by atoms with E-state index in [1.165, 1.54) is 0 Å². The Labute approximate surface area is 157 Å². The molecular weight excluding hydrogens is 338 g/mol. The van der Waals surface area contributed by atoms with Gasteiger partial charge in [-0.15, -0.1) is 0 Å². The molecule has 0 saturated heterocycles. The van der Waals surface area contributed by atoms with Gasteiger partial charge in [0.2, 0.25) is 0 Å². The fraction of sp³-hybridized carbons (Fsp3) is 0.0435. The van der Waals surface area contributed by atoms with Crippen LogP contribution < -0.4 is 4.74 Å². The summed E-state index contributed by atoms with van der Waals surface area (Å²) >= 11 is 0. The molecule has 0 saturated carbocycles. The number of benzene rings is 3. The third-order valence-corrected chi connectivity index (χ3v) is 4.18. The number of rotatable bonds is 5. The van der Waals surface area contributed by atoms with Gasteiger partial charge in [-0.05, 0) is 29.3 Å². The molecule has 0 atom stereocenters. The van der Waals surface area contributed by atoms with E-state index in [1.54, 1.807) is 6.08 Å². The Morgan fingerprint density at radius 2 is 1.52 bits per heavy atom. The Kier molecular flexibility index (Phi) is 4.79. The minimum Gasteiger partial charge on any atom is -0.489 e. The third kappa shape index (κ3) is 3.96. The fourth-order valence-electron chi connectivity index (χ4n) is 2.78. The molecule has 4 nitrogen and oxygen atoms in total. The molecule has 0 fully saturated rings. The molecule has 0 spiro atoms. The molecule has 1 heterocycles. The van der Waals surface area contributed by atoms with Crippen molar-refractivity contribution in [3.05, 3.63) is 107 Å². The van der Waals surface area contributed by atoms with Crippen LogP contribution >= 0.6 is 0 Å². The third-order valence-electron chi connectivity index (χ3n) is 4.18. The Bertz CT molecular complexity index is 991. The second-order valence-electron chi connectivity index (χ2n) is 6.09. The van der Waals surface area contributed by atoms with Crippen molar-refractivity contribution in [2.45, 2.75) is 6.61 Å². The van der Waals surface area contributed by atoms with Crippen LogP contribution in [-0.2, 0) is 16.2 Å². The van der Waals surface area contributed by atoms with E-state index >= 15 is 0 Å². The molecule has 3 aromatic carbocycles. The van der Waals surface area contributed by atoms with Crippen LogP contribution in [0.4, 0.5) is 0 Å². The van der Waals surface area contributed by atoms with Crippen molar-refractivity contribution in [2.24, 2.45) is 5.16 Å². The molecule has 0 bridgehead atoms. The predicted octanol–water partition coefficient (Wildman–Crippen LogP) is 4.61. The molecule has 0 unspecified atom stereocenters. The molecule has 0 aliphatic carbocycles. The number of oxime groups is 1. The average molecular weight is 355 g/mol. The van der Waals surface area contributed by atoms with E-state index in [2.05, 4.69) is 5.16 Å². The molecule has 0 amide bonds. The van der Waals surface area contributed by atoms with Gasteiger partial charge < -0.3 is 9.57 Å². The van der Waals surface area contributed by atoms with Crippen molar-refractivity contribution in [2.75, 3.05) is 0 Å². The van der Waals surface area contributed by atoms with Crippen LogP contribution in [0.15, 0.2) is 95.7 Å². The van der Waals surface area contributed by atoms with Gasteiger partial charge in [0.25, 0.3) is 0 Å². The van der Waals surface area contributed by atoms with Crippen LogP contribution in [-0.4, -0.2) is 11.7 Å². The van der Waals surface area contributed by atoms with Crippen molar-refractivity contribution in [1.82, 2.24) is 0 Å². The molecule has 0 aromatic heterocycles. The highest BCUT2D eigenvalue weighted by molar-refractivity contribution is 6.31. The van der Waals surface area contributed by atoms with E-state index in [0.29, 0.717) is 17.9 Å². The summed E-state index contributed by atoms with van der Waals surface area (Å²) in [6.45, 7) is 0.512. The van der Waals surface area contributed by atoms with Crippen LogP contribution in [0, 0.1) is 0 Å². The maximum atomic E-state index is 12.1. The molecule has 1 aliphatic rings. The second-order valence-corrected chi connectivity index (χ2v) is 6.09. The van der Waals surface area contributed by atoms with E-state index in [0.717, 1.165) is 22.4 Å². The first-order chi connectivity index (χ1) is 13.3. The summed E-state index contributed by atoms with van der Waals surface area (Å²) in [5.41, 5.74) is 3.82. The van der Waals surface area contributed by atoms with Crippen LogP contribution in [0.1, 0.15) is 16.7 Å². The topological polar surface area (TPSA) is 47.9 Å². The van der Waals surface area contributed by atoms with Gasteiger partial charge in [-0.1, -0.05) is 78.0 Å². The van der Waals surface area contributed by atoms with Gasteiger partial charge in [0.05, 0.1) is 5.57 Å². The second kappa shape index (κ2) is 7.70. The number of ether oxygens (including phenoxy) is 1. The summed E-state index contributed by atoms with van der Waals surface area (Å²) in [6.07, 6.45) is 1.78. The molecule has 0 N–H and O–H groups in total. The SMILES string of the molecule is O=C1ON=C(c2ccccc2)/C1=C/c1ccc(OCc2ccccc2)cc1. The first-order valence-electron chi connectivity index (χ1n) is 8.63. The first kappa shape index (κ1) is 16.8. The van der Waals surface area contributed by atoms with Gasteiger partial charge in [-0.3, -0.25) is 0 Å². The van der Waals surface area contributed by atoms with Crippen molar-refractivity contribution in [3.63, 3.8) is 0 Å². The zero-order chi connectivity index (χ0) is 18.5. The van der Waals surface area contributed by atoms with Crippen molar-refractivity contribution in [1.29, 1.82) is 0 Å². The van der Waals surface area contributed by atoms with E-state index in [4.69, 9.17) is 9.57 Å². The van der Waals surface area contributed by atoms with Crippen LogP contribution in [0.2, 0.25) is 0 Å². The molecule has 1 aliphatic heterocycles. The first-order valence-corrected chi connectivity index (χ1v) is 8.63. The summed E-state index contributed by atoms with van der Waals surface area (Å²) in [7, 11) is 0. The maximum Gasteiger partial charge on any atom is 0.368 e. The number of carbonyl (C=O) groups is 1. The predicted molar refractivity (Wildman–Crippen MR) is 104 cm³/mol. The van der Waals surface area contributed by atoms with Gasteiger partial charge in [-0.2, -0.15) is 0 Å². The number of hydrogen-bond acceptors (Lipinski definition) is 4. The summed E-state index contributed by atoms with van der Waals surface area (Å²) < 4.78 is 5.79. The lowest BCUT2D eigenvalue weighted by atomic mass is 10.0. The minimum absolute atomic E-state index is 0.444. The summed E-state index contributed by atoms with van der Waals surface area (Å²) in [5, 5.41) is 3.92. The molecule has 3 aromatic rings. The number of hydrogen-bond donors (Lipinski definition) is 0. The molecular formula is C23H17NO3. The van der Waals surface area contributed by atoms with Gasteiger partial charge in [0, 0.05) is 5.56 Å². The Hall–Kier alpha value is -3.66. The quantitative estimate of drug-likeness (QED) is 0.496. The molecule has 0 radical (unpaired) electrons. The van der Waals surface area contributed by atoms with Gasteiger partial charge in [0.1, 0.15) is 18.1 Å². The van der Waals surface area contributed by atoms with Crippen molar-refractivity contribution in [3.8, 4) is 5.75 Å². The van der Waals surface area contributed by atoms with Crippen LogP contribution in [0.25, 0.3) is 6.08 Å². The van der Waals surface area contributed by atoms with Crippen LogP contribution in [0.5, 0.6) is 5.75 Å². The zero-order valence-electron chi connectivity index (χ0n) is 14.5. The van der Waals surface area contributed by atoms with Gasteiger partial charge in [0.15, 0.2) is 0 Å². The lowest BCUT2D eigenvalue weighted by molar-refractivity contribution is -0.136. The van der Waals surface area contributed by atoms with Crippen LogP contribution in [0.3, 0.4) is 0 Å². The smallest absolute Gasteiger partial charge is 0.368 e. The summed E-state index contributed by atoms with van der Waals surface area (Å²) in [5.74, 6) is 0.324. The number of nitrogens with zero attached hydrogens (tertiary/aromatic N) is 1. The van der Waals surface area contributed by atoms with E-state index < -0.39 is 5.97 Å². The lowest BCUT2D eigenvalue weighted by Crippen LogP contribution is -2.06. The Morgan fingerprint density at radius 3 is 2.22 bits per heavy atom. The van der Waals surface area contributed by atoms with Gasteiger partial charge in [-0.25, -0.2) is 4.79 Å². The highest BCUT2D eigenvalue weighted by Gasteiger charge is 2.26. The zero-order valence-corrected chi connectivity index (χ0v) is 14.5. The van der Waals surface area contributed by atoms with E-state index in [1.807, 2.05) is 84.9 Å². The fourth-order valence-corrected chi connectivity index (χ4v) is 2.78.